The molecule has 0 radical (unpaired) electrons. The smallest absolute Gasteiger partial charge is 0.223 e. The Morgan fingerprint density at radius 1 is 1.12 bits per heavy atom. The average molecular weight is 261 g/mol. The first kappa shape index (κ1) is 11.2. The minimum Gasteiger partial charge on any atom is -0.223 e. The van der Waals surface area contributed by atoms with Crippen LogP contribution < -0.4 is 0 Å². The molecule has 0 aliphatic carbocycles. The molecule has 0 aliphatic rings. The van der Waals surface area contributed by atoms with Gasteiger partial charge < -0.3 is 0 Å². The van der Waals surface area contributed by atoms with Gasteiger partial charge in [-0.2, -0.15) is 0 Å². The third-order valence-corrected chi connectivity index (χ3v) is 2.41. The molecule has 0 aliphatic heterocycles. The van der Waals surface area contributed by atoms with Crippen molar-refractivity contribution >= 4 is 23.2 Å². The van der Waals surface area contributed by atoms with E-state index < -0.39 is 11.6 Å². The highest BCUT2D eigenvalue weighted by atomic mass is 35.5. The summed E-state index contributed by atoms with van der Waals surface area (Å²) in [6.07, 6.45) is 0.909. The highest BCUT2D eigenvalue weighted by Gasteiger charge is 2.12. The summed E-state index contributed by atoms with van der Waals surface area (Å²) in [7, 11) is 0. The fourth-order valence-electron chi connectivity index (χ4n) is 1.21. The molecule has 82 valence electrons. The second-order valence-corrected chi connectivity index (χ2v) is 3.71. The average Bonchev–Trinajstić information content (AvgIpc) is 2.25. The number of hydrogen-bond acceptors (Lipinski definition) is 2. The Kier molecular flexibility index (Phi) is 3.03. The summed E-state index contributed by atoms with van der Waals surface area (Å²) in [6, 6.07) is 3.58. The Morgan fingerprint density at radius 2 is 1.88 bits per heavy atom. The van der Waals surface area contributed by atoms with Gasteiger partial charge in [-0.05, 0) is 29.8 Å². The van der Waals surface area contributed by atoms with Crippen molar-refractivity contribution in [1.82, 2.24) is 9.97 Å². The lowest BCUT2D eigenvalue weighted by Crippen LogP contribution is -1.93. The zero-order chi connectivity index (χ0) is 11.7. The van der Waals surface area contributed by atoms with Crippen molar-refractivity contribution in [3.63, 3.8) is 0 Å². The monoisotopic (exact) mass is 260 g/mol. The molecule has 2 rings (SSSR count). The molecule has 2 aromatic rings. The second kappa shape index (κ2) is 4.31. The fourth-order valence-corrected chi connectivity index (χ4v) is 1.55. The topological polar surface area (TPSA) is 25.8 Å². The lowest BCUT2D eigenvalue weighted by Gasteiger charge is -2.04. The van der Waals surface area contributed by atoms with E-state index in [-0.39, 0.29) is 21.6 Å². The quantitative estimate of drug-likeness (QED) is 0.731. The first-order chi connectivity index (χ1) is 7.58. The minimum atomic E-state index is -0.711. The van der Waals surface area contributed by atoms with Crippen LogP contribution in [-0.2, 0) is 0 Å². The standard InChI is InChI=1S/C10H4Cl2F2N2/c11-7-2-1-5(13)3-6(7)9-8(14)4-15-10(12)16-9/h1-4H. The van der Waals surface area contributed by atoms with E-state index in [1.54, 1.807) is 0 Å². The third kappa shape index (κ3) is 2.13. The van der Waals surface area contributed by atoms with Crippen LogP contribution in [0, 0.1) is 11.6 Å². The summed E-state index contributed by atoms with van der Waals surface area (Å²) in [6.45, 7) is 0. The Hall–Kier alpha value is -1.26. The molecule has 2 nitrogen and oxygen atoms in total. The van der Waals surface area contributed by atoms with Gasteiger partial charge in [-0.25, -0.2) is 18.7 Å². The Labute approximate surface area is 99.9 Å². The molecule has 0 spiro atoms. The molecule has 1 aromatic carbocycles. The van der Waals surface area contributed by atoms with Crippen molar-refractivity contribution in [1.29, 1.82) is 0 Å². The van der Waals surface area contributed by atoms with Gasteiger partial charge in [0, 0.05) is 5.56 Å². The van der Waals surface area contributed by atoms with E-state index in [9.17, 15) is 8.78 Å². The Morgan fingerprint density at radius 3 is 2.62 bits per heavy atom. The summed E-state index contributed by atoms with van der Waals surface area (Å²) in [5.74, 6) is -1.24. The first-order valence-corrected chi connectivity index (χ1v) is 4.97. The normalized spacial score (nSPS) is 10.5. The lowest BCUT2D eigenvalue weighted by atomic mass is 10.1. The molecule has 0 N–H and O–H groups in total. The molecule has 0 bridgehead atoms. The van der Waals surface area contributed by atoms with Crippen LogP contribution in [0.5, 0.6) is 0 Å². The van der Waals surface area contributed by atoms with Crippen molar-refractivity contribution in [2.24, 2.45) is 0 Å². The fraction of sp³-hybridized carbons (Fsp3) is 0. The number of benzene rings is 1. The number of rotatable bonds is 1. The first-order valence-electron chi connectivity index (χ1n) is 4.21. The molecule has 0 saturated carbocycles. The predicted molar refractivity (Wildman–Crippen MR) is 57.4 cm³/mol. The lowest BCUT2D eigenvalue weighted by molar-refractivity contribution is 0.615. The van der Waals surface area contributed by atoms with Crippen molar-refractivity contribution in [3.8, 4) is 11.3 Å². The van der Waals surface area contributed by atoms with E-state index in [4.69, 9.17) is 23.2 Å². The van der Waals surface area contributed by atoms with Crippen LogP contribution >= 0.6 is 23.2 Å². The molecular formula is C10H4Cl2F2N2. The maximum Gasteiger partial charge on any atom is 0.223 e. The number of halogens is 4. The van der Waals surface area contributed by atoms with E-state index >= 15 is 0 Å². The van der Waals surface area contributed by atoms with E-state index in [2.05, 4.69) is 9.97 Å². The van der Waals surface area contributed by atoms with E-state index in [1.807, 2.05) is 0 Å². The Bertz CT molecular complexity index is 497. The molecule has 0 amide bonds. The molecule has 0 saturated heterocycles. The Balaban J connectivity index is 2.66. The van der Waals surface area contributed by atoms with Crippen LogP contribution in [0.1, 0.15) is 0 Å². The highest BCUT2D eigenvalue weighted by Crippen LogP contribution is 2.29. The largest absolute Gasteiger partial charge is 0.223 e. The second-order valence-electron chi connectivity index (χ2n) is 2.96. The van der Waals surface area contributed by atoms with Crippen LogP contribution in [0.3, 0.4) is 0 Å². The van der Waals surface area contributed by atoms with Crippen LogP contribution in [0.15, 0.2) is 24.4 Å². The van der Waals surface area contributed by atoms with Crippen molar-refractivity contribution in [2.75, 3.05) is 0 Å². The van der Waals surface area contributed by atoms with Crippen LogP contribution in [0.4, 0.5) is 8.78 Å². The SMILES string of the molecule is Fc1ccc(Cl)c(-c2nc(Cl)ncc2F)c1. The molecule has 1 heterocycles. The molecular weight excluding hydrogens is 257 g/mol. The van der Waals surface area contributed by atoms with E-state index in [0.29, 0.717) is 0 Å². The van der Waals surface area contributed by atoms with Gasteiger partial charge in [0.1, 0.15) is 11.5 Å². The molecule has 16 heavy (non-hydrogen) atoms. The molecule has 1 aromatic heterocycles. The number of hydrogen-bond donors (Lipinski definition) is 0. The maximum absolute atomic E-state index is 13.4. The zero-order valence-corrected chi connectivity index (χ0v) is 9.23. The van der Waals surface area contributed by atoms with Crippen LogP contribution in [0.2, 0.25) is 10.3 Å². The summed E-state index contributed by atoms with van der Waals surface area (Å²) in [5.41, 5.74) is 0.0213. The van der Waals surface area contributed by atoms with Crippen molar-refractivity contribution in [3.05, 3.63) is 46.3 Å². The summed E-state index contributed by atoms with van der Waals surface area (Å²) < 4.78 is 26.4. The maximum atomic E-state index is 13.4. The highest BCUT2D eigenvalue weighted by molar-refractivity contribution is 6.33. The summed E-state index contributed by atoms with van der Waals surface area (Å²) in [5, 5.41) is 0.0618. The summed E-state index contributed by atoms with van der Waals surface area (Å²) >= 11 is 11.4. The van der Waals surface area contributed by atoms with Crippen molar-refractivity contribution < 1.29 is 8.78 Å². The number of nitrogens with zero attached hydrogens (tertiary/aromatic N) is 2. The number of aromatic nitrogens is 2. The van der Waals surface area contributed by atoms with Crippen molar-refractivity contribution in [2.45, 2.75) is 0 Å². The van der Waals surface area contributed by atoms with Gasteiger partial charge in [0.2, 0.25) is 5.28 Å². The van der Waals surface area contributed by atoms with Gasteiger partial charge in [0.05, 0.1) is 11.2 Å². The zero-order valence-electron chi connectivity index (χ0n) is 7.72. The minimum absolute atomic E-state index is 0.121. The van der Waals surface area contributed by atoms with E-state index in [0.717, 1.165) is 12.3 Å². The third-order valence-electron chi connectivity index (χ3n) is 1.90. The van der Waals surface area contributed by atoms with Gasteiger partial charge in [-0.3, -0.25) is 0 Å². The van der Waals surface area contributed by atoms with E-state index in [1.165, 1.54) is 12.1 Å². The van der Waals surface area contributed by atoms with Gasteiger partial charge >= 0.3 is 0 Å². The van der Waals surface area contributed by atoms with Gasteiger partial charge in [-0.1, -0.05) is 11.6 Å². The molecule has 0 unspecified atom stereocenters. The van der Waals surface area contributed by atoms with Crippen LogP contribution in [0.25, 0.3) is 11.3 Å². The summed E-state index contributed by atoms with van der Waals surface area (Å²) in [4.78, 5) is 7.13. The van der Waals surface area contributed by atoms with Gasteiger partial charge in [-0.15, -0.1) is 0 Å². The molecule has 0 atom stereocenters. The van der Waals surface area contributed by atoms with Gasteiger partial charge in [0.15, 0.2) is 5.82 Å². The predicted octanol–water partition coefficient (Wildman–Crippen LogP) is 3.73. The van der Waals surface area contributed by atoms with Crippen LogP contribution in [-0.4, -0.2) is 9.97 Å². The van der Waals surface area contributed by atoms with Gasteiger partial charge in [0.25, 0.3) is 0 Å². The molecule has 0 fully saturated rings. The molecule has 6 heteroatoms.